The summed E-state index contributed by atoms with van der Waals surface area (Å²) < 4.78 is 11.0. The lowest BCUT2D eigenvalue weighted by molar-refractivity contribution is -0.118. The molecular weight excluding hydrogens is 374 g/mol. The highest BCUT2D eigenvalue weighted by Gasteiger charge is 2.34. The third-order valence-electron chi connectivity index (χ3n) is 4.43. The van der Waals surface area contributed by atoms with Crippen LogP contribution >= 0.6 is 12.6 Å². The van der Waals surface area contributed by atoms with E-state index in [2.05, 4.69) is 17.9 Å². The number of nitrogens with zero attached hydrogens (tertiary/aromatic N) is 2. The van der Waals surface area contributed by atoms with Crippen molar-refractivity contribution in [2.45, 2.75) is 20.0 Å². The third-order valence-corrected chi connectivity index (χ3v) is 4.87. The van der Waals surface area contributed by atoms with E-state index >= 15 is 0 Å². The minimum absolute atomic E-state index is 0.0296. The summed E-state index contributed by atoms with van der Waals surface area (Å²) in [7, 11) is 1.57. The molecule has 1 heterocycles. The van der Waals surface area contributed by atoms with Crippen molar-refractivity contribution in [3.8, 4) is 17.6 Å². The molecule has 0 aromatic heterocycles. The van der Waals surface area contributed by atoms with Gasteiger partial charge in [-0.1, -0.05) is 23.8 Å². The Morgan fingerprint density at radius 2 is 1.93 bits per heavy atom. The molecule has 0 unspecified atom stereocenters. The lowest BCUT2D eigenvalue weighted by Crippen LogP contribution is -2.46. The van der Waals surface area contributed by atoms with Gasteiger partial charge in [-0.3, -0.25) is 4.79 Å². The number of nitriles is 1. The number of aryl methyl sites for hydroxylation is 1. The van der Waals surface area contributed by atoms with E-state index in [4.69, 9.17) is 9.47 Å². The first-order chi connectivity index (χ1) is 13.5. The van der Waals surface area contributed by atoms with Crippen LogP contribution in [-0.4, -0.2) is 19.6 Å². The summed E-state index contributed by atoms with van der Waals surface area (Å²) in [5.74, 6) is 0.721. The summed E-state index contributed by atoms with van der Waals surface area (Å²) in [4.78, 5) is 14.3. The summed E-state index contributed by atoms with van der Waals surface area (Å²) in [5.41, 5.74) is 2.66. The molecule has 144 valence electrons. The van der Waals surface area contributed by atoms with Gasteiger partial charge in [0.25, 0.3) is 5.91 Å². The zero-order chi connectivity index (χ0) is 20.3. The summed E-state index contributed by atoms with van der Waals surface area (Å²) in [6.07, 6.45) is -0.551. The molecule has 2 aromatic carbocycles. The average molecular weight is 395 g/mol. The van der Waals surface area contributed by atoms with Crippen molar-refractivity contribution >= 4 is 24.2 Å². The van der Waals surface area contributed by atoms with Crippen LogP contribution in [0, 0.1) is 18.3 Å². The molecule has 1 aliphatic rings. The molecule has 0 saturated carbocycles. The zero-order valence-electron chi connectivity index (χ0n) is 15.9. The largest absolute Gasteiger partial charge is 0.493 e. The summed E-state index contributed by atoms with van der Waals surface area (Å²) in [6.45, 7) is 4.41. The molecule has 1 atom stereocenters. The van der Waals surface area contributed by atoms with E-state index in [-0.39, 0.29) is 5.57 Å². The molecule has 1 N–H and O–H groups in total. The number of nitrogens with one attached hydrogen (secondary N) is 1. The van der Waals surface area contributed by atoms with Crippen LogP contribution in [0.5, 0.6) is 11.5 Å². The van der Waals surface area contributed by atoms with Gasteiger partial charge in [-0.05, 0) is 43.7 Å². The average Bonchev–Trinajstić information content (AvgIpc) is 2.69. The molecule has 3 rings (SSSR count). The maximum atomic E-state index is 12.5. The monoisotopic (exact) mass is 395 g/mol. The highest BCUT2D eigenvalue weighted by Crippen LogP contribution is 2.38. The predicted octanol–water partition coefficient (Wildman–Crippen LogP) is 3.70. The molecule has 0 spiro atoms. The van der Waals surface area contributed by atoms with Crippen LogP contribution in [0.25, 0.3) is 0 Å². The van der Waals surface area contributed by atoms with Gasteiger partial charge in [0.1, 0.15) is 17.8 Å². The lowest BCUT2D eigenvalue weighted by atomic mass is 10.1. The molecule has 0 saturated heterocycles. The Hall–Kier alpha value is -3.11. The van der Waals surface area contributed by atoms with E-state index in [0.717, 1.165) is 16.8 Å². The standard InChI is InChI=1S/C21H21N3O3S/c1-4-27-17-10-7-14(11-18(17)26-3)19-23-20(25)16(12-22)21(28)24(19)15-8-5-13(2)6-9-15/h5-11,19,28H,4H2,1-3H3,(H,23,25)/t19-/m0/s1. The first-order valence-electron chi connectivity index (χ1n) is 8.81. The SMILES string of the molecule is CCOc1ccc([C@H]2NC(=O)C(C#N)=C(S)N2c2ccc(C)cc2)cc1OC. The van der Waals surface area contributed by atoms with Crippen molar-refractivity contribution in [2.24, 2.45) is 0 Å². The van der Waals surface area contributed by atoms with Gasteiger partial charge < -0.3 is 19.7 Å². The maximum absolute atomic E-state index is 12.5. The van der Waals surface area contributed by atoms with Gasteiger partial charge in [0.2, 0.25) is 0 Å². The van der Waals surface area contributed by atoms with Crippen molar-refractivity contribution in [1.29, 1.82) is 5.26 Å². The van der Waals surface area contributed by atoms with E-state index in [1.54, 1.807) is 13.2 Å². The zero-order valence-corrected chi connectivity index (χ0v) is 16.8. The molecule has 1 aliphatic heterocycles. The molecule has 1 amide bonds. The van der Waals surface area contributed by atoms with Gasteiger partial charge in [-0.2, -0.15) is 5.26 Å². The van der Waals surface area contributed by atoms with Gasteiger partial charge in [0, 0.05) is 5.69 Å². The third kappa shape index (κ3) is 3.64. The van der Waals surface area contributed by atoms with Crippen molar-refractivity contribution < 1.29 is 14.3 Å². The van der Waals surface area contributed by atoms with Gasteiger partial charge in [-0.25, -0.2) is 0 Å². The normalized spacial score (nSPS) is 16.5. The molecule has 6 nitrogen and oxygen atoms in total. The van der Waals surface area contributed by atoms with Crippen LogP contribution in [0.15, 0.2) is 53.1 Å². The van der Waals surface area contributed by atoms with E-state index in [0.29, 0.717) is 23.1 Å². The van der Waals surface area contributed by atoms with Crippen LogP contribution in [0.2, 0.25) is 0 Å². The van der Waals surface area contributed by atoms with Gasteiger partial charge in [-0.15, -0.1) is 12.6 Å². The van der Waals surface area contributed by atoms with Gasteiger partial charge >= 0.3 is 0 Å². The first kappa shape index (κ1) is 19.6. The fraction of sp³-hybridized carbons (Fsp3) is 0.238. The maximum Gasteiger partial charge on any atom is 0.266 e. The molecular formula is C21H21N3O3S. The minimum Gasteiger partial charge on any atom is -0.493 e. The van der Waals surface area contributed by atoms with Crippen molar-refractivity contribution in [3.63, 3.8) is 0 Å². The number of benzene rings is 2. The molecule has 28 heavy (non-hydrogen) atoms. The van der Waals surface area contributed by atoms with Crippen molar-refractivity contribution in [2.75, 3.05) is 18.6 Å². The smallest absolute Gasteiger partial charge is 0.266 e. The van der Waals surface area contributed by atoms with Gasteiger partial charge in [0.15, 0.2) is 11.5 Å². The molecule has 2 aromatic rings. The number of methoxy groups -OCH3 is 1. The summed E-state index contributed by atoms with van der Waals surface area (Å²) in [6, 6.07) is 15.2. The fourth-order valence-electron chi connectivity index (χ4n) is 3.04. The number of amides is 1. The number of anilines is 1. The first-order valence-corrected chi connectivity index (χ1v) is 9.25. The Morgan fingerprint density at radius 1 is 1.21 bits per heavy atom. The molecule has 0 aliphatic carbocycles. The number of ether oxygens (including phenoxy) is 2. The Kier molecular flexibility index (Phi) is 5.81. The number of carbonyl (C=O) groups is 1. The molecule has 0 bridgehead atoms. The number of hydrogen-bond donors (Lipinski definition) is 2. The Morgan fingerprint density at radius 3 is 2.54 bits per heavy atom. The number of hydrogen-bond acceptors (Lipinski definition) is 6. The molecule has 0 fully saturated rings. The highest BCUT2D eigenvalue weighted by atomic mass is 32.1. The number of rotatable bonds is 5. The highest BCUT2D eigenvalue weighted by molar-refractivity contribution is 7.84. The topological polar surface area (TPSA) is 74.6 Å². The van der Waals surface area contributed by atoms with Crippen LogP contribution < -0.4 is 19.7 Å². The fourth-order valence-corrected chi connectivity index (χ4v) is 3.43. The van der Waals surface area contributed by atoms with E-state index in [9.17, 15) is 10.1 Å². The van der Waals surface area contributed by atoms with Crippen molar-refractivity contribution in [3.05, 3.63) is 64.2 Å². The lowest BCUT2D eigenvalue weighted by Gasteiger charge is -2.38. The second-order valence-electron chi connectivity index (χ2n) is 6.24. The Bertz CT molecular complexity index is 964. The molecule has 0 radical (unpaired) electrons. The van der Waals surface area contributed by atoms with Gasteiger partial charge in [0.05, 0.1) is 18.7 Å². The second kappa shape index (κ2) is 8.28. The Balaban J connectivity index is 2.12. The summed E-state index contributed by atoms with van der Waals surface area (Å²) in [5, 5.41) is 12.6. The number of thiol groups is 1. The van der Waals surface area contributed by atoms with E-state index in [1.165, 1.54) is 0 Å². The molecule has 7 heteroatoms. The summed E-state index contributed by atoms with van der Waals surface area (Å²) >= 11 is 4.51. The minimum atomic E-state index is -0.551. The van der Waals surface area contributed by atoms with Crippen LogP contribution in [0.4, 0.5) is 5.69 Å². The Labute approximate surface area is 169 Å². The van der Waals surface area contributed by atoms with E-state index in [1.807, 2.05) is 61.2 Å². The quantitative estimate of drug-likeness (QED) is 0.755. The van der Waals surface area contributed by atoms with Crippen LogP contribution in [0.1, 0.15) is 24.2 Å². The predicted molar refractivity (Wildman–Crippen MR) is 110 cm³/mol. The second-order valence-corrected chi connectivity index (χ2v) is 6.66. The van der Waals surface area contributed by atoms with Crippen LogP contribution in [0.3, 0.4) is 0 Å². The number of carbonyl (C=O) groups excluding carboxylic acids is 1. The van der Waals surface area contributed by atoms with Crippen LogP contribution in [-0.2, 0) is 4.79 Å². The van der Waals surface area contributed by atoms with E-state index < -0.39 is 12.1 Å². The van der Waals surface area contributed by atoms with Crippen molar-refractivity contribution in [1.82, 2.24) is 5.32 Å².